The molecule has 136 valence electrons. The van der Waals surface area contributed by atoms with E-state index in [-0.39, 0.29) is 11.7 Å². The minimum absolute atomic E-state index is 0.0300. The van der Waals surface area contributed by atoms with Gasteiger partial charge >= 0.3 is 0 Å². The number of aromatic nitrogens is 2. The predicted octanol–water partition coefficient (Wildman–Crippen LogP) is 4.11. The molecule has 3 atom stereocenters. The molecule has 1 aliphatic heterocycles. The fourth-order valence-electron chi connectivity index (χ4n) is 4.09. The lowest BCUT2D eigenvalue weighted by atomic mass is 9.72. The first kappa shape index (κ1) is 17.4. The van der Waals surface area contributed by atoms with Crippen LogP contribution < -0.4 is 0 Å². The minimum Gasteiger partial charge on any atom is -0.365 e. The van der Waals surface area contributed by atoms with Crippen LogP contribution in [0.15, 0.2) is 85.7 Å². The van der Waals surface area contributed by atoms with Crippen molar-refractivity contribution < 1.29 is 9.53 Å². The summed E-state index contributed by atoms with van der Waals surface area (Å²) < 4.78 is 8.10. The van der Waals surface area contributed by atoms with E-state index in [1.165, 1.54) is 0 Å². The molecule has 0 amide bonds. The van der Waals surface area contributed by atoms with Crippen molar-refractivity contribution in [2.45, 2.75) is 11.5 Å². The summed E-state index contributed by atoms with van der Waals surface area (Å²) in [5, 5.41) is 0. The summed E-state index contributed by atoms with van der Waals surface area (Å²) in [6.45, 7) is 4.50. The number of carbonyl (C=O) groups is 1. The van der Waals surface area contributed by atoms with Gasteiger partial charge in [-0.1, -0.05) is 73.3 Å². The SMILES string of the molecule is C=C[C@@]1(c2ccccc2)OC[C@H](c2ccccc2)[C@H]1C(=O)c1nccn1C. The third-order valence-corrected chi connectivity index (χ3v) is 5.45. The Balaban J connectivity index is 1.87. The van der Waals surface area contributed by atoms with E-state index in [2.05, 4.69) is 23.7 Å². The minimum atomic E-state index is -0.884. The van der Waals surface area contributed by atoms with Crippen molar-refractivity contribution in [2.24, 2.45) is 13.0 Å². The molecule has 0 N–H and O–H groups in total. The molecule has 27 heavy (non-hydrogen) atoms. The molecular weight excluding hydrogens is 336 g/mol. The first-order valence-corrected chi connectivity index (χ1v) is 9.07. The van der Waals surface area contributed by atoms with E-state index in [4.69, 9.17) is 4.74 Å². The zero-order chi connectivity index (χ0) is 18.9. The van der Waals surface area contributed by atoms with Gasteiger partial charge in [0, 0.05) is 25.4 Å². The van der Waals surface area contributed by atoms with Crippen molar-refractivity contribution >= 4 is 5.78 Å². The van der Waals surface area contributed by atoms with Gasteiger partial charge in [0.1, 0.15) is 5.60 Å². The smallest absolute Gasteiger partial charge is 0.205 e. The molecule has 2 aromatic carbocycles. The molecular formula is C23H22N2O2. The maximum absolute atomic E-state index is 13.6. The second kappa shape index (κ2) is 6.97. The predicted molar refractivity (Wildman–Crippen MR) is 104 cm³/mol. The molecule has 4 rings (SSSR count). The van der Waals surface area contributed by atoms with Crippen LogP contribution in [0, 0.1) is 5.92 Å². The van der Waals surface area contributed by atoms with Crippen LogP contribution in [0.25, 0.3) is 0 Å². The quantitative estimate of drug-likeness (QED) is 0.509. The van der Waals surface area contributed by atoms with E-state index in [1.807, 2.05) is 55.6 Å². The van der Waals surface area contributed by atoms with Crippen molar-refractivity contribution in [3.8, 4) is 0 Å². The van der Waals surface area contributed by atoms with Crippen molar-refractivity contribution in [1.29, 1.82) is 0 Å². The van der Waals surface area contributed by atoms with Crippen LogP contribution in [-0.2, 0) is 17.4 Å². The van der Waals surface area contributed by atoms with E-state index in [0.29, 0.717) is 12.4 Å². The molecule has 0 bridgehead atoms. The van der Waals surface area contributed by atoms with Crippen molar-refractivity contribution in [2.75, 3.05) is 6.61 Å². The van der Waals surface area contributed by atoms with Gasteiger partial charge in [-0.25, -0.2) is 4.98 Å². The molecule has 1 fully saturated rings. The van der Waals surface area contributed by atoms with E-state index >= 15 is 0 Å². The number of hydrogen-bond donors (Lipinski definition) is 0. The lowest BCUT2D eigenvalue weighted by Crippen LogP contribution is -2.38. The van der Waals surface area contributed by atoms with Crippen LogP contribution in [0.1, 0.15) is 27.7 Å². The van der Waals surface area contributed by atoms with Gasteiger partial charge in [-0.05, 0) is 11.1 Å². The average Bonchev–Trinajstić information content (AvgIpc) is 3.33. The number of imidazole rings is 1. The Morgan fingerprint density at radius 3 is 2.44 bits per heavy atom. The highest BCUT2D eigenvalue weighted by atomic mass is 16.5. The highest BCUT2D eigenvalue weighted by Crippen LogP contribution is 2.50. The summed E-state index contributed by atoms with van der Waals surface area (Å²) in [5.74, 6) is -0.110. The summed E-state index contributed by atoms with van der Waals surface area (Å²) >= 11 is 0. The second-order valence-corrected chi connectivity index (χ2v) is 6.90. The first-order chi connectivity index (χ1) is 13.2. The summed E-state index contributed by atoms with van der Waals surface area (Å²) in [4.78, 5) is 18.0. The standard InChI is InChI=1S/C23H22N2O2/c1-3-23(18-12-8-5-9-13-18)20(21(26)22-24-14-15-25(22)2)19(16-27-23)17-10-6-4-7-11-17/h3-15,19-20H,1,16H2,2H3/t19-,20+,23+/m1/s1. The fraction of sp³-hybridized carbons (Fsp3) is 0.217. The van der Waals surface area contributed by atoms with Crippen LogP contribution in [0.3, 0.4) is 0 Å². The molecule has 0 radical (unpaired) electrons. The number of ether oxygens (including phenoxy) is 1. The first-order valence-electron chi connectivity index (χ1n) is 9.07. The molecule has 1 aromatic heterocycles. The highest BCUT2D eigenvalue weighted by molar-refractivity contribution is 5.97. The Bertz CT molecular complexity index is 949. The molecule has 3 aromatic rings. The van der Waals surface area contributed by atoms with Crippen LogP contribution in [0.4, 0.5) is 0 Å². The van der Waals surface area contributed by atoms with Gasteiger partial charge in [0.2, 0.25) is 5.78 Å². The number of nitrogens with zero attached hydrogens (tertiary/aromatic N) is 2. The molecule has 0 spiro atoms. The van der Waals surface area contributed by atoms with Crippen LogP contribution in [0.2, 0.25) is 0 Å². The molecule has 1 aliphatic rings. The zero-order valence-electron chi connectivity index (χ0n) is 15.3. The van der Waals surface area contributed by atoms with Crippen molar-refractivity contribution in [3.63, 3.8) is 0 Å². The van der Waals surface area contributed by atoms with E-state index in [1.54, 1.807) is 23.0 Å². The fourth-order valence-corrected chi connectivity index (χ4v) is 4.09. The number of carbonyl (C=O) groups excluding carboxylic acids is 1. The number of ketones is 1. The molecule has 4 nitrogen and oxygen atoms in total. The molecule has 1 saturated heterocycles. The second-order valence-electron chi connectivity index (χ2n) is 6.90. The monoisotopic (exact) mass is 358 g/mol. The third kappa shape index (κ3) is 2.82. The van der Waals surface area contributed by atoms with Gasteiger partial charge in [-0.3, -0.25) is 4.79 Å². The number of rotatable bonds is 5. The molecule has 0 aliphatic carbocycles. The van der Waals surface area contributed by atoms with Crippen molar-refractivity contribution in [3.05, 3.63) is 103 Å². The summed E-state index contributed by atoms with van der Waals surface area (Å²) in [6, 6.07) is 19.9. The molecule has 0 saturated carbocycles. The normalized spacial score (nSPS) is 24.6. The number of Topliss-reactive ketones (excluding diaryl/α,β-unsaturated/α-hetero) is 1. The summed E-state index contributed by atoms with van der Waals surface area (Å²) in [6.07, 6.45) is 5.22. The molecule has 4 heteroatoms. The Hall–Kier alpha value is -2.98. The van der Waals surface area contributed by atoms with E-state index in [0.717, 1.165) is 11.1 Å². The lowest BCUT2D eigenvalue weighted by Gasteiger charge is -2.32. The third-order valence-electron chi connectivity index (χ3n) is 5.45. The zero-order valence-corrected chi connectivity index (χ0v) is 15.3. The van der Waals surface area contributed by atoms with Crippen molar-refractivity contribution in [1.82, 2.24) is 9.55 Å². The number of aryl methyl sites for hydroxylation is 1. The van der Waals surface area contributed by atoms with Gasteiger partial charge in [0.25, 0.3) is 0 Å². The number of hydrogen-bond acceptors (Lipinski definition) is 3. The van der Waals surface area contributed by atoms with Gasteiger partial charge in [-0.15, -0.1) is 0 Å². The maximum Gasteiger partial charge on any atom is 0.205 e. The van der Waals surface area contributed by atoms with Gasteiger partial charge in [0.05, 0.1) is 12.5 Å². The molecule has 0 unspecified atom stereocenters. The summed E-state index contributed by atoms with van der Waals surface area (Å²) in [5.41, 5.74) is 1.14. The molecule has 2 heterocycles. The van der Waals surface area contributed by atoms with Gasteiger partial charge in [-0.2, -0.15) is 0 Å². The summed E-state index contributed by atoms with van der Waals surface area (Å²) in [7, 11) is 1.84. The average molecular weight is 358 g/mol. The lowest BCUT2D eigenvalue weighted by molar-refractivity contribution is 0.0181. The highest BCUT2D eigenvalue weighted by Gasteiger charge is 2.54. The van der Waals surface area contributed by atoms with Gasteiger partial charge in [0.15, 0.2) is 5.82 Å². The Morgan fingerprint density at radius 2 is 1.85 bits per heavy atom. The van der Waals surface area contributed by atoms with Gasteiger partial charge < -0.3 is 9.30 Å². The Morgan fingerprint density at radius 1 is 1.19 bits per heavy atom. The van der Waals surface area contributed by atoms with Crippen LogP contribution >= 0.6 is 0 Å². The largest absolute Gasteiger partial charge is 0.365 e. The van der Waals surface area contributed by atoms with Crippen LogP contribution in [0.5, 0.6) is 0 Å². The Labute approximate surface area is 159 Å². The van der Waals surface area contributed by atoms with E-state index in [9.17, 15) is 4.79 Å². The topological polar surface area (TPSA) is 44.1 Å². The number of benzene rings is 2. The maximum atomic E-state index is 13.6. The van der Waals surface area contributed by atoms with Crippen LogP contribution in [-0.4, -0.2) is 21.9 Å². The Kier molecular flexibility index (Phi) is 4.50. The van der Waals surface area contributed by atoms with E-state index < -0.39 is 11.5 Å².